The van der Waals surface area contributed by atoms with Crippen molar-refractivity contribution in [2.75, 3.05) is 0 Å². The molecule has 3 heterocycles. The molecule has 0 atom stereocenters. The largest absolute Gasteiger partial charge is 0.346 e. The molecule has 0 aromatic carbocycles. The zero-order valence-electron chi connectivity index (χ0n) is 12.2. The molecule has 3 rings (SSSR count). The Balaban J connectivity index is 1.72. The third-order valence-electron chi connectivity index (χ3n) is 3.03. The molecule has 3 aromatic rings. The summed E-state index contributed by atoms with van der Waals surface area (Å²) >= 11 is 3.04. The van der Waals surface area contributed by atoms with Gasteiger partial charge in [0.2, 0.25) is 0 Å². The quantitative estimate of drug-likeness (QED) is 0.797. The number of nitrogens with zero attached hydrogens (tertiary/aromatic N) is 3. The van der Waals surface area contributed by atoms with E-state index in [1.165, 1.54) is 17.7 Å². The third-order valence-corrected chi connectivity index (χ3v) is 5.22. The van der Waals surface area contributed by atoms with Crippen LogP contribution in [0.25, 0.3) is 9.88 Å². The van der Waals surface area contributed by atoms with Gasteiger partial charge in [-0.15, -0.1) is 22.7 Å². The molecular weight excluding hydrogens is 316 g/mol. The number of rotatable bonds is 4. The van der Waals surface area contributed by atoms with E-state index in [1.807, 2.05) is 37.4 Å². The van der Waals surface area contributed by atoms with Crippen LogP contribution in [0.4, 0.5) is 0 Å². The number of hydrogen-bond acceptors (Lipinski definition) is 6. The number of aryl methyl sites for hydroxylation is 2. The second-order valence-electron chi connectivity index (χ2n) is 4.74. The Morgan fingerprint density at radius 3 is 2.91 bits per heavy atom. The molecule has 0 radical (unpaired) electrons. The van der Waals surface area contributed by atoms with Gasteiger partial charge in [-0.1, -0.05) is 6.07 Å². The monoisotopic (exact) mass is 330 g/mol. The number of aromatic nitrogens is 3. The molecule has 22 heavy (non-hydrogen) atoms. The Kier molecular flexibility index (Phi) is 4.26. The van der Waals surface area contributed by atoms with E-state index in [1.54, 1.807) is 11.3 Å². The second kappa shape index (κ2) is 6.33. The average Bonchev–Trinajstić information content (AvgIpc) is 3.14. The highest BCUT2D eigenvalue weighted by atomic mass is 32.1. The predicted molar refractivity (Wildman–Crippen MR) is 88.1 cm³/mol. The van der Waals surface area contributed by atoms with Gasteiger partial charge in [-0.05, 0) is 31.4 Å². The molecule has 0 unspecified atom stereocenters. The first kappa shape index (κ1) is 14.8. The van der Waals surface area contributed by atoms with E-state index in [0.717, 1.165) is 27.0 Å². The summed E-state index contributed by atoms with van der Waals surface area (Å²) in [4.78, 5) is 26.7. The summed E-state index contributed by atoms with van der Waals surface area (Å²) in [5, 5.41) is 5.77. The highest BCUT2D eigenvalue weighted by Crippen LogP contribution is 2.30. The second-order valence-corrected chi connectivity index (χ2v) is 6.69. The molecule has 7 heteroatoms. The highest BCUT2D eigenvalue weighted by molar-refractivity contribution is 7.22. The van der Waals surface area contributed by atoms with Crippen LogP contribution < -0.4 is 5.32 Å². The molecule has 0 aliphatic heterocycles. The van der Waals surface area contributed by atoms with Crippen LogP contribution >= 0.6 is 22.7 Å². The molecule has 0 saturated carbocycles. The zero-order valence-corrected chi connectivity index (χ0v) is 13.8. The summed E-state index contributed by atoms with van der Waals surface area (Å²) in [5.41, 5.74) is 2.43. The van der Waals surface area contributed by atoms with Gasteiger partial charge in [-0.3, -0.25) is 4.79 Å². The summed E-state index contributed by atoms with van der Waals surface area (Å²) in [5.74, 6) is -0.117. The van der Waals surface area contributed by atoms with Crippen LogP contribution in [0, 0.1) is 13.8 Å². The normalized spacial score (nSPS) is 10.6. The highest BCUT2D eigenvalue weighted by Gasteiger charge is 2.16. The van der Waals surface area contributed by atoms with Crippen LogP contribution in [-0.2, 0) is 6.54 Å². The maximum Gasteiger partial charge on any atom is 0.263 e. The Labute approximate surface area is 136 Å². The third kappa shape index (κ3) is 3.20. The maximum atomic E-state index is 12.3. The summed E-state index contributed by atoms with van der Waals surface area (Å²) in [6, 6.07) is 5.85. The minimum absolute atomic E-state index is 0.117. The SMILES string of the molecule is Cc1cc(CNC(=O)c2sc(-c3cccs3)nc2C)ncn1. The summed E-state index contributed by atoms with van der Waals surface area (Å²) in [7, 11) is 0. The van der Waals surface area contributed by atoms with Gasteiger partial charge in [0.15, 0.2) is 0 Å². The van der Waals surface area contributed by atoms with Gasteiger partial charge in [0.25, 0.3) is 5.91 Å². The fourth-order valence-electron chi connectivity index (χ4n) is 1.97. The number of nitrogens with one attached hydrogen (secondary N) is 1. The van der Waals surface area contributed by atoms with Crippen LogP contribution in [0.15, 0.2) is 29.9 Å². The van der Waals surface area contributed by atoms with Crippen molar-refractivity contribution in [3.05, 3.63) is 51.9 Å². The number of hydrogen-bond donors (Lipinski definition) is 1. The van der Waals surface area contributed by atoms with Crippen LogP contribution in [0.3, 0.4) is 0 Å². The van der Waals surface area contributed by atoms with E-state index in [0.29, 0.717) is 11.4 Å². The minimum Gasteiger partial charge on any atom is -0.346 e. The summed E-state index contributed by atoms with van der Waals surface area (Å²) in [6.45, 7) is 4.14. The Morgan fingerprint density at radius 2 is 2.18 bits per heavy atom. The van der Waals surface area contributed by atoms with Crippen molar-refractivity contribution in [1.29, 1.82) is 0 Å². The Bertz CT molecular complexity index is 796. The predicted octanol–water partition coefficient (Wildman–Crippen LogP) is 3.21. The molecule has 0 bridgehead atoms. The van der Waals surface area contributed by atoms with Gasteiger partial charge >= 0.3 is 0 Å². The first-order valence-electron chi connectivity index (χ1n) is 6.70. The number of thiophene rings is 1. The number of amides is 1. The van der Waals surface area contributed by atoms with E-state index >= 15 is 0 Å². The van der Waals surface area contributed by atoms with E-state index < -0.39 is 0 Å². The lowest BCUT2D eigenvalue weighted by molar-refractivity contribution is 0.0953. The molecule has 0 saturated heterocycles. The van der Waals surface area contributed by atoms with Gasteiger partial charge in [0.05, 0.1) is 22.8 Å². The van der Waals surface area contributed by atoms with Crippen molar-refractivity contribution >= 4 is 28.6 Å². The molecule has 1 N–H and O–H groups in total. The van der Waals surface area contributed by atoms with Crippen molar-refractivity contribution in [2.24, 2.45) is 0 Å². The van der Waals surface area contributed by atoms with E-state index in [-0.39, 0.29) is 5.91 Å². The Hall–Kier alpha value is -2.12. The molecule has 0 spiro atoms. The summed E-state index contributed by atoms with van der Waals surface area (Å²) < 4.78 is 0. The number of thiazole rings is 1. The van der Waals surface area contributed by atoms with Gasteiger partial charge in [0, 0.05) is 5.69 Å². The molecule has 1 amide bonds. The number of carbonyl (C=O) groups is 1. The van der Waals surface area contributed by atoms with Crippen LogP contribution in [0.2, 0.25) is 0 Å². The summed E-state index contributed by atoms with van der Waals surface area (Å²) in [6.07, 6.45) is 1.50. The standard InChI is InChI=1S/C15H14N4OS2/c1-9-6-11(18-8-17-9)7-16-14(20)13-10(2)19-15(22-13)12-4-3-5-21-12/h3-6,8H,7H2,1-2H3,(H,16,20). The minimum atomic E-state index is -0.117. The molecule has 3 aromatic heterocycles. The van der Waals surface area contributed by atoms with E-state index in [4.69, 9.17) is 0 Å². The topological polar surface area (TPSA) is 67.8 Å². The fourth-order valence-corrected chi connectivity index (χ4v) is 3.75. The fraction of sp³-hybridized carbons (Fsp3) is 0.200. The molecule has 0 aliphatic rings. The molecule has 5 nitrogen and oxygen atoms in total. The van der Waals surface area contributed by atoms with Crippen molar-refractivity contribution in [2.45, 2.75) is 20.4 Å². The number of carbonyl (C=O) groups excluding carboxylic acids is 1. The van der Waals surface area contributed by atoms with Crippen LogP contribution in [-0.4, -0.2) is 20.9 Å². The molecular formula is C15H14N4OS2. The van der Waals surface area contributed by atoms with Gasteiger partial charge in [0.1, 0.15) is 16.2 Å². The van der Waals surface area contributed by atoms with E-state index in [2.05, 4.69) is 20.3 Å². The molecule has 112 valence electrons. The molecule has 0 fully saturated rings. The smallest absolute Gasteiger partial charge is 0.263 e. The first-order valence-corrected chi connectivity index (χ1v) is 8.40. The first-order chi connectivity index (χ1) is 10.6. The van der Waals surface area contributed by atoms with Crippen molar-refractivity contribution in [3.63, 3.8) is 0 Å². The Morgan fingerprint density at radius 1 is 1.32 bits per heavy atom. The lowest BCUT2D eigenvalue weighted by Crippen LogP contribution is -2.23. The van der Waals surface area contributed by atoms with Gasteiger partial charge < -0.3 is 5.32 Å². The maximum absolute atomic E-state index is 12.3. The lowest BCUT2D eigenvalue weighted by atomic mass is 10.3. The van der Waals surface area contributed by atoms with Gasteiger partial charge in [-0.25, -0.2) is 15.0 Å². The zero-order chi connectivity index (χ0) is 15.5. The van der Waals surface area contributed by atoms with Crippen LogP contribution in [0.5, 0.6) is 0 Å². The lowest BCUT2D eigenvalue weighted by Gasteiger charge is -2.03. The van der Waals surface area contributed by atoms with Crippen molar-refractivity contribution in [3.8, 4) is 9.88 Å². The van der Waals surface area contributed by atoms with Gasteiger partial charge in [-0.2, -0.15) is 0 Å². The van der Waals surface area contributed by atoms with E-state index in [9.17, 15) is 4.79 Å². The van der Waals surface area contributed by atoms with Crippen LogP contribution in [0.1, 0.15) is 26.8 Å². The van der Waals surface area contributed by atoms with Crippen molar-refractivity contribution < 1.29 is 4.79 Å². The molecule has 0 aliphatic carbocycles. The van der Waals surface area contributed by atoms with Crippen molar-refractivity contribution in [1.82, 2.24) is 20.3 Å². The average molecular weight is 330 g/mol.